The molecular weight excluding hydrogens is 263 g/mol. The molecule has 0 aliphatic heterocycles. The summed E-state index contributed by atoms with van der Waals surface area (Å²) in [6, 6.07) is 0. The van der Waals surface area contributed by atoms with Crippen molar-refractivity contribution in [2.45, 2.75) is 25.4 Å². The quantitative estimate of drug-likeness (QED) is 0.626. The Morgan fingerprint density at radius 2 is 2.18 bits per heavy atom. The fraction of sp³-hybridized carbons (Fsp3) is 0.556. The van der Waals surface area contributed by atoms with Crippen molar-refractivity contribution in [2.75, 3.05) is 6.61 Å². The molecule has 17 heavy (non-hydrogen) atoms. The average molecular weight is 272 g/mol. The van der Waals surface area contributed by atoms with Crippen molar-refractivity contribution < 1.29 is 27.1 Å². The fourth-order valence-electron chi connectivity index (χ4n) is 1.03. The number of oxazole rings is 1. The van der Waals surface area contributed by atoms with Gasteiger partial charge in [0.1, 0.15) is 5.38 Å². The highest BCUT2D eigenvalue weighted by atomic mass is 35.5. The summed E-state index contributed by atoms with van der Waals surface area (Å²) in [4.78, 5) is 14.4. The van der Waals surface area contributed by atoms with Crippen LogP contribution in [0.2, 0.25) is 0 Å². The van der Waals surface area contributed by atoms with Crippen LogP contribution in [-0.2, 0) is 10.9 Å². The van der Waals surface area contributed by atoms with Crippen LogP contribution in [0.4, 0.5) is 13.2 Å². The van der Waals surface area contributed by atoms with Crippen LogP contribution in [0.25, 0.3) is 0 Å². The molecule has 0 radical (unpaired) electrons. The van der Waals surface area contributed by atoms with E-state index in [9.17, 15) is 18.0 Å². The lowest BCUT2D eigenvalue weighted by molar-refractivity contribution is -0.141. The molecule has 0 fully saturated rings. The molecule has 0 aromatic carbocycles. The number of aromatic nitrogens is 1. The summed E-state index contributed by atoms with van der Waals surface area (Å²) in [5.41, 5.74) is -1.42. The van der Waals surface area contributed by atoms with Crippen molar-refractivity contribution in [3.8, 4) is 0 Å². The zero-order valence-electron chi connectivity index (χ0n) is 8.97. The summed E-state index contributed by atoms with van der Waals surface area (Å²) in [5, 5.41) is -0.876. The van der Waals surface area contributed by atoms with Gasteiger partial charge in [-0.25, -0.2) is 9.78 Å². The third-order valence-electron chi connectivity index (χ3n) is 1.71. The number of alkyl halides is 4. The molecule has 1 heterocycles. The molecule has 0 saturated carbocycles. The topological polar surface area (TPSA) is 52.3 Å². The highest BCUT2D eigenvalue weighted by molar-refractivity contribution is 6.20. The third-order valence-corrected chi connectivity index (χ3v) is 1.90. The lowest BCUT2D eigenvalue weighted by Crippen LogP contribution is -2.14. The predicted octanol–water partition coefficient (Wildman–Crippen LogP) is 3.17. The predicted molar refractivity (Wildman–Crippen MR) is 51.7 cm³/mol. The maximum Gasteiger partial charge on any atom is 0.437 e. The smallest absolute Gasteiger partial charge is 0.437 e. The monoisotopic (exact) mass is 271 g/mol. The molecule has 0 saturated heterocycles. The molecule has 0 aliphatic rings. The first-order valence-corrected chi connectivity index (χ1v) is 5.10. The number of nitrogens with zero attached hydrogens (tertiary/aromatic N) is 1. The Kier molecular flexibility index (Phi) is 4.03. The molecule has 1 rings (SSSR count). The van der Waals surface area contributed by atoms with Crippen LogP contribution in [0.3, 0.4) is 0 Å². The number of rotatable bonds is 3. The summed E-state index contributed by atoms with van der Waals surface area (Å²) in [6.45, 7) is 2.78. The second-order valence-electron chi connectivity index (χ2n) is 3.06. The van der Waals surface area contributed by atoms with E-state index in [0.717, 1.165) is 0 Å². The van der Waals surface area contributed by atoms with Crippen molar-refractivity contribution in [1.82, 2.24) is 4.98 Å². The molecule has 4 nitrogen and oxygen atoms in total. The Morgan fingerprint density at radius 1 is 1.59 bits per heavy atom. The van der Waals surface area contributed by atoms with Gasteiger partial charge in [-0.05, 0) is 13.8 Å². The number of halogens is 4. The van der Waals surface area contributed by atoms with E-state index >= 15 is 0 Å². The van der Waals surface area contributed by atoms with E-state index in [-0.39, 0.29) is 12.5 Å². The van der Waals surface area contributed by atoms with Crippen LogP contribution >= 0.6 is 11.6 Å². The number of carbonyl (C=O) groups excluding carboxylic acids is 1. The zero-order valence-corrected chi connectivity index (χ0v) is 9.72. The number of hydrogen-bond donors (Lipinski definition) is 0. The van der Waals surface area contributed by atoms with E-state index in [2.05, 4.69) is 14.1 Å². The van der Waals surface area contributed by atoms with Gasteiger partial charge in [-0.2, -0.15) is 13.2 Å². The van der Waals surface area contributed by atoms with Crippen LogP contribution in [0, 0.1) is 0 Å². The molecule has 0 bridgehead atoms. The van der Waals surface area contributed by atoms with E-state index in [0.29, 0.717) is 0 Å². The number of carbonyl (C=O) groups is 1. The van der Waals surface area contributed by atoms with Gasteiger partial charge in [-0.15, -0.1) is 11.6 Å². The van der Waals surface area contributed by atoms with Crippen LogP contribution < -0.4 is 0 Å². The SMILES string of the molecule is CCOC(=O)c1oc(C(C)Cl)nc1C(F)(F)F. The minimum absolute atomic E-state index is 0.0669. The second-order valence-corrected chi connectivity index (χ2v) is 3.72. The van der Waals surface area contributed by atoms with E-state index in [4.69, 9.17) is 11.6 Å². The van der Waals surface area contributed by atoms with E-state index in [1.165, 1.54) is 13.8 Å². The van der Waals surface area contributed by atoms with Crippen molar-refractivity contribution in [2.24, 2.45) is 0 Å². The Hall–Kier alpha value is -1.24. The lowest BCUT2D eigenvalue weighted by atomic mass is 10.3. The van der Waals surface area contributed by atoms with Gasteiger partial charge in [-0.1, -0.05) is 0 Å². The molecule has 1 aromatic heterocycles. The first kappa shape index (κ1) is 13.8. The van der Waals surface area contributed by atoms with Crippen molar-refractivity contribution >= 4 is 17.6 Å². The van der Waals surface area contributed by atoms with Crippen molar-refractivity contribution in [1.29, 1.82) is 0 Å². The Balaban J connectivity index is 3.22. The van der Waals surface area contributed by atoms with Gasteiger partial charge in [0.2, 0.25) is 11.7 Å². The van der Waals surface area contributed by atoms with Crippen LogP contribution in [-0.4, -0.2) is 17.6 Å². The van der Waals surface area contributed by atoms with Gasteiger partial charge in [0, 0.05) is 0 Å². The van der Waals surface area contributed by atoms with Crippen molar-refractivity contribution in [3.63, 3.8) is 0 Å². The molecule has 0 spiro atoms. The van der Waals surface area contributed by atoms with E-state index in [1.807, 2.05) is 0 Å². The maximum atomic E-state index is 12.6. The first-order valence-electron chi connectivity index (χ1n) is 4.66. The molecule has 0 aliphatic carbocycles. The summed E-state index contributed by atoms with van der Waals surface area (Å²) >= 11 is 5.54. The van der Waals surface area contributed by atoms with E-state index in [1.54, 1.807) is 0 Å². The first-order chi connectivity index (χ1) is 7.77. The van der Waals surface area contributed by atoms with Gasteiger partial charge in [-0.3, -0.25) is 0 Å². The largest absolute Gasteiger partial charge is 0.460 e. The number of ether oxygens (including phenoxy) is 1. The molecule has 1 unspecified atom stereocenters. The van der Waals surface area contributed by atoms with Crippen LogP contribution in [0.15, 0.2) is 4.42 Å². The summed E-state index contributed by atoms with van der Waals surface area (Å²) in [7, 11) is 0. The lowest BCUT2D eigenvalue weighted by Gasteiger charge is -2.03. The minimum Gasteiger partial charge on any atom is -0.460 e. The summed E-state index contributed by atoms with van der Waals surface area (Å²) in [6.07, 6.45) is -4.80. The molecule has 96 valence electrons. The van der Waals surface area contributed by atoms with Crippen LogP contribution in [0.1, 0.15) is 41.4 Å². The standard InChI is InChI=1S/C9H9ClF3NO3/c1-3-16-8(15)5-6(9(11,12)13)14-7(17-5)4(2)10/h4H,3H2,1-2H3. The Labute approximate surface area is 99.7 Å². The fourth-order valence-corrected chi connectivity index (χ4v) is 1.13. The molecule has 0 amide bonds. The second kappa shape index (κ2) is 4.95. The molecule has 8 heteroatoms. The minimum atomic E-state index is -4.80. The zero-order chi connectivity index (χ0) is 13.2. The highest BCUT2D eigenvalue weighted by Crippen LogP contribution is 2.34. The average Bonchev–Trinajstić information content (AvgIpc) is 2.61. The molecule has 1 atom stereocenters. The molecule has 0 N–H and O–H groups in total. The Morgan fingerprint density at radius 3 is 2.59 bits per heavy atom. The maximum absolute atomic E-state index is 12.6. The molecular formula is C9H9ClF3NO3. The molecule has 1 aromatic rings. The van der Waals surface area contributed by atoms with Gasteiger partial charge in [0.25, 0.3) is 0 Å². The summed E-state index contributed by atoms with van der Waals surface area (Å²) in [5.74, 6) is -2.56. The summed E-state index contributed by atoms with van der Waals surface area (Å²) < 4.78 is 46.8. The Bertz CT molecular complexity index is 414. The third kappa shape index (κ3) is 3.12. The van der Waals surface area contributed by atoms with Gasteiger partial charge >= 0.3 is 12.1 Å². The van der Waals surface area contributed by atoms with Gasteiger partial charge < -0.3 is 9.15 Å². The normalized spacial score (nSPS) is 13.5. The van der Waals surface area contributed by atoms with E-state index < -0.39 is 29.0 Å². The van der Waals surface area contributed by atoms with Gasteiger partial charge in [0.05, 0.1) is 6.61 Å². The highest BCUT2D eigenvalue weighted by Gasteiger charge is 2.42. The van der Waals surface area contributed by atoms with Gasteiger partial charge in [0.15, 0.2) is 5.69 Å². The van der Waals surface area contributed by atoms with Crippen LogP contribution in [0.5, 0.6) is 0 Å². The number of hydrogen-bond acceptors (Lipinski definition) is 4. The number of esters is 1. The van der Waals surface area contributed by atoms with Crippen molar-refractivity contribution in [3.05, 3.63) is 17.3 Å².